The molecule has 0 aliphatic carbocycles. The first-order valence-corrected chi connectivity index (χ1v) is 4.63. The number of benzene rings is 1. The van der Waals surface area contributed by atoms with Crippen molar-refractivity contribution in [3.63, 3.8) is 0 Å². The number of likely N-dealkylation sites (tertiary alicyclic amines) is 1. The molecule has 3 nitrogen and oxygen atoms in total. The van der Waals surface area contributed by atoms with E-state index in [1.807, 2.05) is 30.3 Å². The SMILES string of the molecule is CN1CC(CO)(c2ccccc2)C1=O. The second-order valence-electron chi connectivity index (χ2n) is 3.77. The third-order valence-corrected chi connectivity index (χ3v) is 2.86. The molecule has 0 spiro atoms. The number of hydrogen-bond donors (Lipinski definition) is 1. The van der Waals surface area contributed by atoms with Gasteiger partial charge in [-0.15, -0.1) is 0 Å². The fraction of sp³-hybridized carbons (Fsp3) is 0.364. The Bertz CT molecular complexity index is 350. The van der Waals surface area contributed by atoms with E-state index in [4.69, 9.17) is 0 Å². The second-order valence-corrected chi connectivity index (χ2v) is 3.77. The normalized spacial score (nSPS) is 26.1. The Labute approximate surface area is 83.0 Å². The van der Waals surface area contributed by atoms with Crippen LogP contribution in [0.25, 0.3) is 0 Å². The van der Waals surface area contributed by atoms with Crippen molar-refractivity contribution in [1.82, 2.24) is 4.90 Å². The van der Waals surface area contributed by atoms with Crippen molar-refractivity contribution >= 4 is 5.91 Å². The summed E-state index contributed by atoms with van der Waals surface area (Å²) in [5.41, 5.74) is 0.237. The van der Waals surface area contributed by atoms with Crippen LogP contribution in [0.3, 0.4) is 0 Å². The van der Waals surface area contributed by atoms with Crippen molar-refractivity contribution in [2.45, 2.75) is 5.41 Å². The lowest BCUT2D eigenvalue weighted by atomic mass is 9.74. The summed E-state index contributed by atoms with van der Waals surface area (Å²) in [4.78, 5) is 13.3. The Hall–Kier alpha value is -1.35. The first kappa shape index (κ1) is 9.21. The number of carbonyl (C=O) groups excluding carboxylic acids is 1. The molecule has 1 heterocycles. The lowest BCUT2D eigenvalue weighted by Crippen LogP contribution is -2.64. The summed E-state index contributed by atoms with van der Waals surface area (Å²) in [5, 5.41) is 9.33. The van der Waals surface area contributed by atoms with Crippen LogP contribution in [0.15, 0.2) is 30.3 Å². The highest BCUT2D eigenvalue weighted by Crippen LogP contribution is 2.34. The van der Waals surface area contributed by atoms with Gasteiger partial charge in [0.05, 0.1) is 6.61 Å². The fourth-order valence-corrected chi connectivity index (χ4v) is 2.00. The van der Waals surface area contributed by atoms with Gasteiger partial charge in [-0.05, 0) is 5.56 Å². The monoisotopic (exact) mass is 191 g/mol. The predicted octanol–water partition coefficient (Wildman–Crippen LogP) is 0.389. The number of nitrogens with zero attached hydrogens (tertiary/aromatic N) is 1. The standard InChI is InChI=1S/C11H13NO2/c1-12-7-11(8-13,10(12)14)9-5-3-2-4-6-9/h2-6,13H,7-8H2,1H3. The Morgan fingerprint density at radius 1 is 1.43 bits per heavy atom. The first-order valence-electron chi connectivity index (χ1n) is 4.63. The Kier molecular flexibility index (Phi) is 2.04. The Morgan fingerprint density at radius 2 is 2.07 bits per heavy atom. The topological polar surface area (TPSA) is 40.5 Å². The Morgan fingerprint density at radius 3 is 2.50 bits per heavy atom. The summed E-state index contributed by atoms with van der Waals surface area (Å²) in [7, 11) is 1.75. The number of aliphatic hydroxyl groups is 1. The number of β-lactam (4-membered cyclic amide) rings is 1. The Balaban J connectivity index is 2.36. The summed E-state index contributed by atoms with van der Waals surface area (Å²) in [6.07, 6.45) is 0. The van der Waals surface area contributed by atoms with E-state index in [-0.39, 0.29) is 12.5 Å². The van der Waals surface area contributed by atoms with Crippen LogP contribution in [0, 0.1) is 0 Å². The molecule has 1 aromatic carbocycles. The molecule has 1 fully saturated rings. The highest BCUT2D eigenvalue weighted by atomic mass is 16.3. The van der Waals surface area contributed by atoms with Gasteiger partial charge in [-0.3, -0.25) is 4.79 Å². The molecule has 1 atom stereocenters. The fourth-order valence-electron chi connectivity index (χ4n) is 2.00. The zero-order chi connectivity index (χ0) is 10.2. The maximum Gasteiger partial charge on any atom is 0.237 e. The van der Waals surface area contributed by atoms with E-state index in [0.717, 1.165) is 5.56 Å². The zero-order valence-corrected chi connectivity index (χ0v) is 8.10. The van der Waals surface area contributed by atoms with Gasteiger partial charge in [0, 0.05) is 13.6 Å². The largest absolute Gasteiger partial charge is 0.395 e. The van der Waals surface area contributed by atoms with Crippen molar-refractivity contribution in [1.29, 1.82) is 0 Å². The number of carbonyl (C=O) groups is 1. The van der Waals surface area contributed by atoms with Crippen LogP contribution in [-0.4, -0.2) is 36.1 Å². The zero-order valence-electron chi connectivity index (χ0n) is 8.10. The molecule has 1 amide bonds. The van der Waals surface area contributed by atoms with E-state index in [9.17, 15) is 9.90 Å². The molecule has 0 aromatic heterocycles. The van der Waals surface area contributed by atoms with Crippen molar-refractivity contribution in [3.8, 4) is 0 Å². The molecule has 0 saturated carbocycles. The second kappa shape index (κ2) is 3.10. The van der Waals surface area contributed by atoms with Crippen molar-refractivity contribution in [3.05, 3.63) is 35.9 Å². The molecule has 3 heteroatoms. The quantitative estimate of drug-likeness (QED) is 0.687. The van der Waals surface area contributed by atoms with Crippen LogP contribution in [0.2, 0.25) is 0 Å². The number of rotatable bonds is 2. The van der Waals surface area contributed by atoms with Gasteiger partial charge in [-0.2, -0.15) is 0 Å². The minimum absolute atomic E-state index is 0.00574. The molecule has 1 saturated heterocycles. The van der Waals surface area contributed by atoms with Gasteiger partial charge >= 0.3 is 0 Å². The maximum absolute atomic E-state index is 11.7. The molecule has 1 aliphatic heterocycles. The molecule has 2 rings (SSSR count). The third kappa shape index (κ3) is 1.06. The minimum atomic E-state index is -0.671. The molecule has 14 heavy (non-hydrogen) atoms. The van der Waals surface area contributed by atoms with Gasteiger partial charge in [0.1, 0.15) is 5.41 Å². The summed E-state index contributed by atoms with van der Waals surface area (Å²) in [6, 6.07) is 9.46. The molecule has 1 N–H and O–H groups in total. The number of amides is 1. The number of likely N-dealkylation sites (N-methyl/N-ethyl adjacent to an activating group) is 1. The van der Waals surface area contributed by atoms with Gasteiger partial charge in [0.25, 0.3) is 0 Å². The van der Waals surface area contributed by atoms with Gasteiger partial charge in [0.2, 0.25) is 5.91 Å². The van der Waals surface area contributed by atoms with Gasteiger partial charge in [-0.25, -0.2) is 0 Å². The molecule has 0 radical (unpaired) electrons. The number of hydrogen-bond acceptors (Lipinski definition) is 2. The molecular weight excluding hydrogens is 178 g/mol. The summed E-state index contributed by atoms with van der Waals surface area (Å²) >= 11 is 0. The van der Waals surface area contributed by atoms with E-state index < -0.39 is 5.41 Å². The maximum atomic E-state index is 11.7. The van der Waals surface area contributed by atoms with Crippen LogP contribution in [-0.2, 0) is 10.2 Å². The van der Waals surface area contributed by atoms with Crippen LogP contribution >= 0.6 is 0 Å². The molecule has 1 unspecified atom stereocenters. The van der Waals surface area contributed by atoms with Crippen molar-refractivity contribution < 1.29 is 9.90 Å². The highest BCUT2D eigenvalue weighted by molar-refractivity contribution is 5.94. The van der Waals surface area contributed by atoms with Crippen molar-refractivity contribution in [2.24, 2.45) is 0 Å². The lowest BCUT2D eigenvalue weighted by molar-refractivity contribution is -0.151. The first-order chi connectivity index (χ1) is 6.70. The molecule has 1 aromatic rings. The van der Waals surface area contributed by atoms with Crippen LogP contribution in [0.1, 0.15) is 5.56 Å². The van der Waals surface area contributed by atoms with Crippen LogP contribution in [0.5, 0.6) is 0 Å². The lowest BCUT2D eigenvalue weighted by Gasteiger charge is -2.46. The molecular formula is C11H13NO2. The van der Waals surface area contributed by atoms with Gasteiger partial charge < -0.3 is 10.0 Å². The summed E-state index contributed by atoms with van der Waals surface area (Å²) in [5.74, 6) is 0.00574. The highest BCUT2D eigenvalue weighted by Gasteiger charge is 2.51. The van der Waals surface area contributed by atoms with Crippen molar-refractivity contribution in [2.75, 3.05) is 20.2 Å². The smallest absolute Gasteiger partial charge is 0.237 e. The van der Waals surface area contributed by atoms with E-state index in [2.05, 4.69) is 0 Å². The molecule has 1 aliphatic rings. The van der Waals surface area contributed by atoms with Crippen LogP contribution < -0.4 is 0 Å². The number of aliphatic hydroxyl groups excluding tert-OH is 1. The van der Waals surface area contributed by atoms with E-state index in [0.29, 0.717) is 6.54 Å². The predicted molar refractivity (Wildman–Crippen MR) is 52.8 cm³/mol. The van der Waals surface area contributed by atoms with E-state index in [1.54, 1.807) is 11.9 Å². The summed E-state index contributed by atoms with van der Waals surface area (Å²) in [6.45, 7) is 0.493. The summed E-state index contributed by atoms with van der Waals surface area (Å²) < 4.78 is 0. The van der Waals surface area contributed by atoms with E-state index in [1.165, 1.54) is 0 Å². The third-order valence-electron chi connectivity index (χ3n) is 2.86. The average molecular weight is 191 g/mol. The van der Waals surface area contributed by atoms with Gasteiger partial charge in [0.15, 0.2) is 0 Å². The molecule has 0 bridgehead atoms. The average Bonchev–Trinajstić information content (AvgIpc) is 2.26. The minimum Gasteiger partial charge on any atom is -0.395 e. The van der Waals surface area contributed by atoms with Crippen LogP contribution in [0.4, 0.5) is 0 Å². The van der Waals surface area contributed by atoms with Gasteiger partial charge in [-0.1, -0.05) is 30.3 Å². The molecule has 74 valence electrons. The van der Waals surface area contributed by atoms with E-state index >= 15 is 0 Å².